The van der Waals surface area contributed by atoms with Crippen LogP contribution >= 0.6 is 11.9 Å². The van der Waals surface area contributed by atoms with E-state index < -0.39 is 5.97 Å². The zero-order valence-corrected chi connectivity index (χ0v) is 17.2. The van der Waals surface area contributed by atoms with Gasteiger partial charge in [-0.3, -0.25) is 4.79 Å². The minimum atomic E-state index is -0.408. The zero-order valence-electron chi connectivity index (χ0n) is 16.4. The van der Waals surface area contributed by atoms with Crippen molar-refractivity contribution < 1.29 is 19.0 Å². The van der Waals surface area contributed by atoms with Crippen molar-refractivity contribution in [3.05, 3.63) is 29.8 Å². The second kappa shape index (κ2) is 19.2. The molecule has 0 unspecified atom stereocenters. The predicted molar refractivity (Wildman–Crippen MR) is 104 cm³/mol. The van der Waals surface area contributed by atoms with Crippen LogP contribution in [0.5, 0.6) is 0 Å². The maximum Gasteiger partial charge on any atom is 0.320 e. The standard InChI is InChI=1S/C13H20N2O4S.C3H8.C2H6/c1-17-9-15(10-18-2)20-12-5-3-11(4-6-12)8-19-13(16)7-14;1-3-2;1-2/h3-6H,7-10,14H2,1-2H3;3H2,1-2H3;1-2H3. The summed E-state index contributed by atoms with van der Waals surface area (Å²) in [6.45, 7) is 9.32. The number of hydrogen-bond acceptors (Lipinski definition) is 7. The van der Waals surface area contributed by atoms with Crippen LogP contribution in [0.4, 0.5) is 0 Å². The van der Waals surface area contributed by atoms with Gasteiger partial charge in [0.25, 0.3) is 0 Å². The minimum Gasteiger partial charge on any atom is -0.460 e. The fraction of sp³-hybridized carbons (Fsp3) is 0.611. The molecule has 0 fully saturated rings. The molecule has 1 aromatic rings. The van der Waals surface area contributed by atoms with E-state index in [0.717, 1.165) is 10.5 Å². The first kappa shape index (κ1) is 26.1. The lowest BCUT2D eigenvalue weighted by Gasteiger charge is -2.18. The monoisotopic (exact) mass is 374 g/mol. The summed E-state index contributed by atoms with van der Waals surface area (Å²) < 4.78 is 17.1. The van der Waals surface area contributed by atoms with Gasteiger partial charge < -0.3 is 19.9 Å². The van der Waals surface area contributed by atoms with Gasteiger partial charge in [0.1, 0.15) is 20.1 Å². The zero-order chi connectivity index (χ0) is 19.5. The highest BCUT2D eigenvalue weighted by molar-refractivity contribution is 7.97. The van der Waals surface area contributed by atoms with Gasteiger partial charge in [0, 0.05) is 19.1 Å². The molecule has 146 valence electrons. The molecule has 0 aliphatic carbocycles. The normalized spacial score (nSPS) is 9.60. The van der Waals surface area contributed by atoms with Crippen LogP contribution in [-0.2, 0) is 25.6 Å². The van der Waals surface area contributed by atoms with Crippen LogP contribution in [0.2, 0.25) is 0 Å². The Balaban J connectivity index is 0. The largest absolute Gasteiger partial charge is 0.460 e. The number of ether oxygens (including phenoxy) is 3. The van der Waals surface area contributed by atoms with E-state index in [1.165, 1.54) is 18.4 Å². The first-order valence-electron chi connectivity index (χ1n) is 8.46. The van der Waals surface area contributed by atoms with Crippen LogP contribution in [0.15, 0.2) is 29.2 Å². The summed E-state index contributed by atoms with van der Waals surface area (Å²) in [4.78, 5) is 12.0. The second-order valence-corrected chi connectivity index (χ2v) is 5.79. The van der Waals surface area contributed by atoms with Crippen LogP contribution in [0.1, 0.15) is 39.7 Å². The Kier molecular flexibility index (Phi) is 20.1. The van der Waals surface area contributed by atoms with Crippen LogP contribution in [0, 0.1) is 0 Å². The van der Waals surface area contributed by atoms with Gasteiger partial charge in [-0.15, -0.1) is 0 Å². The lowest BCUT2D eigenvalue weighted by atomic mass is 10.2. The molecule has 1 rings (SSSR count). The van der Waals surface area contributed by atoms with Crippen molar-refractivity contribution in [3.63, 3.8) is 0 Å². The first-order valence-corrected chi connectivity index (χ1v) is 9.23. The van der Waals surface area contributed by atoms with Crippen molar-refractivity contribution in [1.29, 1.82) is 0 Å². The molecule has 0 heterocycles. The van der Waals surface area contributed by atoms with Crippen molar-refractivity contribution >= 4 is 17.9 Å². The van der Waals surface area contributed by atoms with Gasteiger partial charge in [-0.1, -0.05) is 46.2 Å². The molecule has 0 saturated carbocycles. The third kappa shape index (κ3) is 14.9. The molecular weight excluding hydrogens is 340 g/mol. The van der Waals surface area contributed by atoms with E-state index in [-0.39, 0.29) is 13.2 Å². The molecule has 0 amide bonds. The van der Waals surface area contributed by atoms with Gasteiger partial charge in [0.2, 0.25) is 0 Å². The molecular formula is C18H34N2O4S. The second-order valence-electron chi connectivity index (χ2n) is 4.62. The summed E-state index contributed by atoms with van der Waals surface area (Å²) in [5.74, 6) is -0.408. The Bertz CT molecular complexity index is 410. The molecule has 0 saturated heterocycles. The fourth-order valence-corrected chi connectivity index (χ4v) is 2.27. The topological polar surface area (TPSA) is 74.0 Å². The molecule has 7 heteroatoms. The Hall–Kier alpha value is -1.12. The molecule has 6 nitrogen and oxygen atoms in total. The average molecular weight is 375 g/mol. The van der Waals surface area contributed by atoms with E-state index in [9.17, 15) is 4.79 Å². The number of carbonyl (C=O) groups excluding carboxylic acids is 1. The number of benzene rings is 1. The molecule has 2 N–H and O–H groups in total. The first-order chi connectivity index (χ1) is 12.1. The summed E-state index contributed by atoms with van der Waals surface area (Å²) in [7, 11) is 3.27. The predicted octanol–water partition coefficient (Wildman–Crippen LogP) is 3.65. The van der Waals surface area contributed by atoms with Gasteiger partial charge >= 0.3 is 5.97 Å². The molecule has 0 aliphatic rings. The molecule has 0 atom stereocenters. The highest BCUT2D eigenvalue weighted by Gasteiger charge is 2.06. The van der Waals surface area contributed by atoms with Crippen LogP contribution in [-0.4, -0.2) is 44.5 Å². The molecule has 1 aromatic carbocycles. The third-order valence-corrected chi connectivity index (χ3v) is 3.22. The summed E-state index contributed by atoms with van der Waals surface area (Å²) in [6.07, 6.45) is 1.25. The number of carbonyl (C=O) groups is 1. The third-order valence-electron chi connectivity index (χ3n) is 2.27. The summed E-state index contributed by atoms with van der Waals surface area (Å²) >= 11 is 1.53. The molecule has 0 spiro atoms. The SMILES string of the molecule is CC.CCC.COCN(COC)Sc1ccc(COC(=O)CN)cc1. The van der Waals surface area contributed by atoms with Crippen LogP contribution < -0.4 is 5.73 Å². The molecule has 0 aliphatic heterocycles. The summed E-state index contributed by atoms with van der Waals surface area (Å²) in [6, 6.07) is 7.72. The maximum atomic E-state index is 11.0. The maximum absolute atomic E-state index is 11.0. The van der Waals surface area contributed by atoms with Crippen LogP contribution in [0.3, 0.4) is 0 Å². The fourth-order valence-electron chi connectivity index (χ4n) is 1.40. The lowest BCUT2D eigenvalue weighted by Crippen LogP contribution is -2.20. The number of esters is 1. The van der Waals surface area contributed by atoms with Gasteiger partial charge in [0.05, 0.1) is 6.54 Å². The van der Waals surface area contributed by atoms with E-state index >= 15 is 0 Å². The summed E-state index contributed by atoms with van der Waals surface area (Å²) in [5, 5.41) is 0. The molecule has 25 heavy (non-hydrogen) atoms. The average Bonchev–Trinajstić information content (AvgIpc) is 2.63. The number of nitrogens with two attached hydrogens (primary N) is 1. The highest BCUT2D eigenvalue weighted by atomic mass is 32.2. The van der Waals surface area contributed by atoms with Gasteiger partial charge in [0.15, 0.2) is 0 Å². The number of hydrogen-bond donors (Lipinski definition) is 1. The smallest absolute Gasteiger partial charge is 0.320 e. The van der Waals surface area contributed by atoms with E-state index in [2.05, 4.69) is 13.8 Å². The lowest BCUT2D eigenvalue weighted by molar-refractivity contribution is -0.143. The van der Waals surface area contributed by atoms with Crippen molar-refractivity contribution in [2.75, 3.05) is 34.2 Å². The highest BCUT2D eigenvalue weighted by Crippen LogP contribution is 2.22. The molecule has 0 bridgehead atoms. The van der Waals surface area contributed by atoms with Crippen molar-refractivity contribution in [3.8, 4) is 0 Å². The number of nitrogens with zero attached hydrogens (tertiary/aromatic N) is 1. The van der Waals surface area contributed by atoms with E-state index in [0.29, 0.717) is 13.5 Å². The minimum absolute atomic E-state index is 0.100. The summed E-state index contributed by atoms with van der Waals surface area (Å²) in [5.41, 5.74) is 6.08. The Morgan fingerprint density at radius 1 is 1.08 bits per heavy atom. The van der Waals surface area contributed by atoms with E-state index in [1.807, 2.05) is 42.4 Å². The van der Waals surface area contributed by atoms with E-state index in [4.69, 9.17) is 19.9 Å². The van der Waals surface area contributed by atoms with Gasteiger partial charge in [-0.05, 0) is 29.6 Å². The molecule has 0 radical (unpaired) electrons. The number of rotatable bonds is 9. The van der Waals surface area contributed by atoms with Crippen LogP contribution in [0.25, 0.3) is 0 Å². The van der Waals surface area contributed by atoms with Gasteiger partial charge in [-0.2, -0.15) is 4.31 Å². The van der Waals surface area contributed by atoms with Gasteiger partial charge in [-0.25, -0.2) is 0 Å². The molecule has 0 aromatic heterocycles. The Labute approximate surface area is 157 Å². The Morgan fingerprint density at radius 2 is 1.56 bits per heavy atom. The van der Waals surface area contributed by atoms with E-state index in [1.54, 1.807) is 14.2 Å². The van der Waals surface area contributed by atoms with Crippen molar-refractivity contribution in [2.45, 2.75) is 45.6 Å². The Morgan fingerprint density at radius 3 is 1.96 bits per heavy atom. The van der Waals surface area contributed by atoms with Crippen molar-refractivity contribution in [1.82, 2.24) is 4.31 Å². The van der Waals surface area contributed by atoms with Crippen molar-refractivity contribution in [2.24, 2.45) is 5.73 Å². The quantitative estimate of drug-likeness (QED) is 0.402. The number of methoxy groups -OCH3 is 2.